The molecule has 0 unspecified atom stereocenters. The minimum absolute atomic E-state index is 0.0532. The molecule has 1 heterocycles. The van der Waals surface area contributed by atoms with Crippen molar-refractivity contribution in [2.75, 3.05) is 0 Å². The Kier molecular flexibility index (Phi) is 1.45. The van der Waals surface area contributed by atoms with Crippen LogP contribution in [-0.2, 0) is 0 Å². The highest BCUT2D eigenvalue weighted by Gasteiger charge is 2.11. The maximum atomic E-state index is 10.8. The lowest BCUT2D eigenvalue weighted by molar-refractivity contribution is 0.0997. The van der Waals surface area contributed by atoms with E-state index in [1.165, 1.54) is 6.07 Å². The molecule has 1 amide bonds. The van der Waals surface area contributed by atoms with Gasteiger partial charge in [0.05, 0.1) is 0 Å². The molecule has 0 radical (unpaired) electrons. The normalized spacial score (nSPS) is 10.5. The van der Waals surface area contributed by atoms with E-state index in [1.54, 1.807) is 12.1 Å². The summed E-state index contributed by atoms with van der Waals surface area (Å²) in [5.41, 5.74) is 5.64. The Hall–Kier alpha value is -2.04. The number of aromatic hydroxyl groups is 1. The number of nitrogens with one attached hydrogen (secondary N) is 1. The molecule has 1 aromatic carbocycles. The Balaban J connectivity index is 2.83. The van der Waals surface area contributed by atoms with Gasteiger partial charge in [-0.3, -0.25) is 9.89 Å². The van der Waals surface area contributed by atoms with Gasteiger partial charge in [0.1, 0.15) is 11.3 Å². The Morgan fingerprint density at radius 1 is 1.54 bits per heavy atom. The van der Waals surface area contributed by atoms with Crippen LogP contribution in [0.25, 0.3) is 10.9 Å². The number of primary amides is 1. The van der Waals surface area contributed by atoms with E-state index in [4.69, 9.17) is 5.73 Å². The van der Waals surface area contributed by atoms with E-state index in [2.05, 4.69) is 10.2 Å². The van der Waals surface area contributed by atoms with Gasteiger partial charge in [-0.05, 0) is 6.07 Å². The zero-order valence-electron chi connectivity index (χ0n) is 6.61. The number of hydrogen-bond donors (Lipinski definition) is 3. The van der Waals surface area contributed by atoms with Crippen molar-refractivity contribution in [1.29, 1.82) is 0 Å². The average Bonchev–Trinajstić information content (AvgIpc) is 2.48. The van der Waals surface area contributed by atoms with Crippen molar-refractivity contribution in [3.05, 3.63) is 23.9 Å². The molecule has 5 heteroatoms. The molecule has 0 atom stereocenters. The van der Waals surface area contributed by atoms with E-state index >= 15 is 0 Å². The van der Waals surface area contributed by atoms with E-state index in [9.17, 15) is 9.90 Å². The number of H-pyrrole nitrogens is 1. The third-order valence-corrected chi connectivity index (χ3v) is 1.81. The topological polar surface area (TPSA) is 92.0 Å². The van der Waals surface area contributed by atoms with Gasteiger partial charge in [0.15, 0.2) is 5.69 Å². The summed E-state index contributed by atoms with van der Waals surface area (Å²) in [6, 6.07) is 4.80. The summed E-state index contributed by atoms with van der Waals surface area (Å²) in [5.74, 6) is -0.561. The molecule has 0 saturated carbocycles. The number of rotatable bonds is 1. The SMILES string of the molecule is NC(=O)c1n[nH]c2c(O)cccc12. The summed E-state index contributed by atoms with van der Waals surface area (Å²) in [5, 5.41) is 16.1. The van der Waals surface area contributed by atoms with Gasteiger partial charge in [-0.1, -0.05) is 12.1 Å². The van der Waals surface area contributed by atoms with Crippen LogP contribution in [0.15, 0.2) is 18.2 Å². The number of fused-ring (bicyclic) bond motifs is 1. The lowest BCUT2D eigenvalue weighted by atomic mass is 10.2. The number of para-hydroxylation sites is 1. The van der Waals surface area contributed by atoms with Crippen molar-refractivity contribution >= 4 is 16.8 Å². The van der Waals surface area contributed by atoms with Crippen LogP contribution in [-0.4, -0.2) is 21.2 Å². The first-order chi connectivity index (χ1) is 6.20. The molecule has 0 aliphatic carbocycles. The predicted octanol–water partition coefficient (Wildman–Crippen LogP) is 0.367. The maximum absolute atomic E-state index is 10.8. The van der Waals surface area contributed by atoms with E-state index < -0.39 is 5.91 Å². The van der Waals surface area contributed by atoms with Crippen molar-refractivity contribution in [2.24, 2.45) is 5.73 Å². The van der Waals surface area contributed by atoms with E-state index in [0.717, 1.165) is 0 Å². The smallest absolute Gasteiger partial charge is 0.269 e. The monoisotopic (exact) mass is 177 g/mol. The van der Waals surface area contributed by atoms with Gasteiger partial charge in [-0.2, -0.15) is 5.10 Å². The summed E-state index contributed by atoms with van der Waals surface area (Å²) in [4.78, 5) is 10.8. The van der Waals surface area contributed by atoms with E-state index in [1.807, 2.05) is 0 Å². The third kappa shape index (κ3) is 1.01. The first-order valence-corrected chi connectivity index (χ1v) is 3.66. The van der Waals surface area contributed by atoms with Gasteiger partial charge in [0, 0.05) is 5.39 Å². The molecule has 0 spiro atoms. The Labute approximate surface area is 73.2 Å². The molecule has 5 nitrogen and oxygen atoms in total. The van der Waals surface area contributed by atoms with Crippen LogP contribution >= 0.6 is 0 Å². The standard InChI is InChI=1S/C8H7N3O2/c9-8(13)7-4-2-1-3-5(12)6(4)10-11-7/h1-3,12H,(H2,9,13)(H,10,11). The van der Waals surface area contributed by atoms with Gasteiger partial charge in [0.25, 0.3) is 5.91 Å². The van der Waals surface area contributed by atoms with Crippen LogP contribution in [0.5, 0.6) is 5.75 Å². The second-order valence-corrected chi connectivity index (χ2v) is 2.64. The molecular weight excluding hydrogens is 170 g/mol. The van der Waals surface area contributed by atoms with Gasteiger partial charge >= 0.3 is 0 Å². The number of carbonyl (C=O) groups excluding carboxylic acids is 1. The van der Waals surface area contributed by atoms with Gasteiger partial charge in [0.2, 0.25) is 0 Å². The molecule has 0 saturated heterocycles. The number of aromatic amines is 1. The van der Waals surface area contributed by atoms with Crippen LogP contribution in [0.1, 0.15) is 10.5 Å². The first-order valence-electron chi connectivity index (χ1n) is 3.66. The molecular formula is C8H7N3O2. The molecule has 0 fully saturated rings. The van der Waals surface area contributed by atoms with Crippen LogP contribution in [0, 0.1) is 0 Å². The predicted molar refractivity (Wildman–Crippen MR) is 46.3 cm³/mol. The Morgan fingerprint density at radius 2 is 2.31 bits per heavy atom. The van der Waals surface area contributed by atoms with Crippen molar-refractivity contribution in [2.45, 2.75) is 0 Å². The molecule has 0 aliphatic rings. The van der Waals surface area contributed by atoms with Crippen LogP contribution in [0.4, 0.5) is 0 Å². The Morgan fingerprint density at radius 3 is 3.00 bits per heavy atom. The van der Waals surface area contributed by atoms with Crippen molar-refractivity contribution in [3.8, 4) is 5.75 Å². The molecule has 1 aromatic heterocycles. The van der Waals surface area contributed by atoms with E-state index in [-0.39, 0.29) is 11.4 Å². The average molecular weight is 177 g/mol. The number of amides is 1. The van der Waals surface area contributed by atoms with Crippen LogP contribution < -0.4 is 5.73 Å². The van der Waals surface area contributed by atoms with Crippen molar-refractivity contribution in [1.82, 2.24) is 10.2 Å². The fraction of sp³-hybridized carbons (Fsp3) is 0. The molecule has 4 N–H and O–H groups in total. The molecule has 0 bridgehead atoms. The summed E-state index contributed by atoms with van der Waals surface area (Å²) in [7, 11) is 0. The van der Waals surface area contributed by atoms with Crippen LogP contribution in [0.2, 0.25) is 0 Å². The van der Waals surface area contributed by atoms with Crippen molar-refractivity contribution < 1.29 is 9.90 Å². The molecule has 66 valence electrons. The summed E-state index contributed by atoms with van der Waals surface area (Å²) in [6.07, 6.45) is 0. The Bertz CT molecular complexity index is 475. The molecule has 2 aromatic rings. The zero-order valence-corrected chi connectivity index (χ0v) is 6.61. The summed E-state index contributed by atoms with van der Waals surface area (Å²) >= 11 is 0. The maximum Gasteiger partial charge on any atom is 0.269 e. The lowest BCUT2D eigenvalue weighted by Gasteiger charge is -1.92. The second-order valence-electron chi connectivity index (χ2n) is 2.64. The fourth-order valence-electron chi connectivity index (χ4n) is 1.21. The minimum atomic E-state index is -0.614. The largest absolute Gasteiger partial charge is 0.506 e. The molecule has 0 aliphatic heterocycles. The summed E-state index contributed by atoms with van der Waals surface area (Å²) < 4.78 is 0. The number of phenols is 1. The van der Waals surface area contributed by atoms with Crippen molar-refractivity contribution in [3.63, 3.8) is 0 Å². The number of benzene rings is 1. The van der Waals surface area contributed by atoms with Gasteiger partial charge in [-0.15, -0.1) is 0 Å². The minimum Gasteiger partial charge on any atom is -0.506 e. The fourth-order valence-corrected chi connectivity index (χ4v) is 1.21. The highest BCUT2D eigenvalue weighted by atomic mass is 16.3. The number of hydrogen-bond acceptors (Lipinski definition) is 3. The highest BCUT2D eigenvalue weighted by Crippen LogP contribution is 2.23. The first kappa shape index (κ1) is 7.60. The highest BCUT2D eigenvalue weighted by molar-refractivity contribution is 6.05. The van der Waals surface area contributed by atoms with Crippen LogP contribution in [0.3, 0.4) is 0 Å². The second kappa shape index (κ2) is 2.48. The molecule has 13 heavy (non-hydrogen) atoms. The number of phenolic OH excluding ortho intramolecular Hbond substituents is 1. The van der Waals surface area contributed by atoms with Gasteiger partial charge < -0.3 is 10.8 Å². The molecule has 2 rings (SSSR count). The number of aromatic nitrogens is 2. The number of nitrogens with two attached hydrogens (primary N) is 1. The summed E-state index contributed by atoms with van der Waals surface area (Å²) in [6.45, 7) is 0. The zero-order chi connectivity index (χ0) is 9.42. The quantitative estimate of drug-likeness (QED) is 0.587. The number of carbonyl (C=O) groups is 1. The third-order valence-electron chi connectivity index (χ3n) is 1.81. The number of nitrogens with zero attached hydrogens (tertiary/aromatic N) is 1. The lowest BCUT2D eigenvalue weighted by Crippen LogP contribution is -2.11. The van der Waals surface area contributed by atoms with Gasteiger partial charge in [-0.25, -0.2) is 0 Å². The van der Waals surface area contributed by atoms with E-state index in [0.29, 0.717) is 10.9 Å².